The van der Waals surface area contributed by atoms with Gasteiger partial charge in [0.05, 0.1) is 12.2 Å². The van der Waals surface area contributed by atoms with Gasteiger partial charge >= 0.3 is 0 Å². The van der Waals surface area contributed by atoms with Crippen molar-refractivity contribution in [2.45, 2.75) is 19.4 Å². The first-order valence-corrected chi connectivity index (χ1v) is 6.72. The van der Waals surface area contributed by atoms with E-state index in [1.807, 2.05) is 0 Å². The molecule has 0 atom stereocenters. The Hall–Kier alpha value is -1.11. The molecule has 0 radical (unpaired) electrons. The molecule has 0 saturated carbocycles. The Balaban J connectivity index is 1.82. The number of rotatable bonds is 4. The molecule has 0 aromatic carbocycles. The molecule has 19 heavy (non-hydrogen) atoms. The van der Waals surface area contributed by atoms with E-state index in [0.717, 1.165) is 32.8 Å². The van der Waals surface area contributed by atoms with Crippen LogP contribution in [0.5, 0.6) is 0 Å². The van der Waals surface area contributed by atoms with Crippen LogP contribution in [0.15, 0.2) is 6.33 Å². The van der Waals surface area contributed by atoms with Crippen LogP contribution < -0.4 is 11.1 Å². The van der Waals surface area contributed by atoms with Gasteiger partial charge in [-0.2, -0.15) is 0 Å². The van der Waals surface area contributed by atoms with Gasteiger partial charge in [-0.05, 0) is 13.8 Å². The Labute approximate surface area is 118 Å². The maximum atomic E-state index is 6.01. The third-order valence-electron chi connectivity index (χ3n) is 3.04. The topological polar surface area (TPSA) is 76.3 Å². The average Bonchev–Trinajstić information content (AvgIpc) is 2.33. The molecular formula is C12H20ClN5O. The molecule has 7 heteroatoms. The van der Waals surface area contributed by atoms with E-state index >= 15 is 0 Å². The van der Waals surface area contributed by atoms with Crippen molar-refractivity contribution in [2.24, 2.45) is 0 Å². The summed E-state index contributed by atoms with van der Waals surface area (Å²) in [7, 11) is 0. The lowest BCUT2D eigenvalue weighted by atomic mass is 10.1. The Kier molecular flexibility index (Phi) is 4.44. The zero-order valence-electron chi connectivity index (χ0n) is 11.3. The standard InChI is InChI=1S/C12H20ClN5O/c1-12(2)7-18(5-6-19-12)4-3-15-11-9(13)10(14)16-8-17-11/h8H,3-7H2,1-2H3,(H3,14,15,16,17). The number of hydrogen-bond acceptors (Lipinski definition) is 6. The van der Waals surface area contributed by atoms with E-state index in [-0.39, 0.29) is 5.60 Å². The Morgan fingerprint density at radius 2 is 2.32 bits per heavy atom. The first kappa shape index (κ1) is 14.3. The summed E-state index contributed by atoms with van der Waals surface area (Å²) >= 11 is 6.01. The maximum absolute atomic E-state index is 6.01. The van der Waals surface area contributed by atoms with Gasteiger partial charge in [-0.1, -0.05) is 11.6 Å². The number of aromatic nitrogens is 2. The number of ether oxygens (including phenoxy) is 1. The highest BCUT2D eigenvalue weighted by molar-refractivity contribution is 6.35. The molecular weight excluding hydrogens is 266 g/mol. The predicted octanol–water partition coefficient (Wildman–Crippen LogP) is 1.23. The molecule has 0 amide bonds. The third kappa shape index (κ3) is 3.92. The molecule has 0 aliphatic carbocycles. The number of nitrogen functional groups attached to an aromatic ring is 1. The zero-order chi connectivity index (χ0) is 13.9. The highest BCUT2D eigenvalue weighted by atomic mass is 35.5. The van der Waals surface area contributed by atoms with Crippen molar-refractivity contribution < 1.29 is 4.74 Å². The van der Waals surface area contributed by atoms with E-state index < -0.39 is 0 Å². The van der Waals surface area contributed by atoms with Crippen molar-refractivity contribution in [1.29, 1.82) is 0 Å². The van der Waals surface area contributed by atoms with Crippen molar-refractivity contribution in [3.05, 3.63) is 11.3 Å². The van der Waals surface area contributed by atoms with Gasteiger partial charge in [0, 0.05) is 26.2 Å². The van der Waals surface area contributed by atoms with E-state index in [4.69, 9.17) is 22.1 Å². The van der Waals surface area contributed by atoms with E-state index in [1.54, 1.807) is 0 Å². The van der Waals surface area contributed by atoms with Gasteiger partial charge in [0.1, 0.15) is 23.0 Å². The first-order chi connectivity index (χ1) is 8.98. The van der Waals surface area contributed by atoms with Crippen molar-refractivity contribution in [2.75, 3.05) is 43.8 Å². The Bertz CT molecular complexity index is 440. The lowest BCUT2D eigenvalue weighted by Gasteiger charge is -2.38. The van der Waals surface area contributed by atoms with Crippen molar-refractivity contribution in [1.82, 2.24) is 14.9 Å². The van der Waals surface area contributed by atoms with Crippen LogP contribution in [-0.2, 0) is 4.74 Å². The van der Waals surface area contributed by atoms with Crippen LogP contribution in [0.1, 0.15) is 13.8 Å². The SMILES string of the molecule is CC1(C)CN(CCNc2ncnc(N)c2Cl)CCO1. The number of anilines is 2. The Morgan fingerprint density at radius 1 is 1.53 bits per heavy atom. The Morgan fingerprint density at radius 3 is 3.05 bits per heavy atom. The van der Waals surface area contributed by atoms with Gasteiger partial charge in [0.15, 0.2) is 0 Å². The first-order valence-electron chi connectivity index (χ1n) is 6.34. The zero-order valence-corrected chi connectivity index (χ0v) is 12.1. The van der Waals surface area contributed by atoms with Gasteiger partial charge in [-0.15, -0.1) is 0 Å². The summed E-state index contributed by atoms with van der Waals surface area (Å²) in [4.78, 5) is 10.3. The summed E-state index contributed by atoms with van der Waals surface area (Å²) in [6.45, 7) is 8.52. The van der Waals surface area contributed by atoms with E-state index in [1.165, 1.54) is 6.33 Å². The molecule has 3 N–H and O–H groups in total. The number of morpholine rings is 1. The molecule has 106 valence electrons. The molecule has 0 unspecified atom stereocenters. The van der Waals surface area contributed by atoms with Crippen LogP contribution in [0.2, 0.25) is 5.02 Å². The molecule has 1 aliphatic rings. The van der Waals surface area contributed by atoms with E-state index in [0.29, 0.717) is 16.7 Å². The molecule has 2 heterocycles. The second-order valence-corrected chi connectivity index (χ2v) is 5.61. The van der Waals surface area contributed by atoms with Gasteiger partial charge in [0.2, 0.25) is 0 Å². The summed E-state index contributed by atoms with van der Waals surface area (Å²) < 4.78 is 5.67. The van der Waals surface area contributed by atoms with Crippen LogP contribution in [0.4, 0.5) is 11.6 Å². The van der Waals surface area contributed by atoms with Crippen LogP contribution in [0.3, 0.4) is 0 Å². The second-order valence-electron chi connectivity index (χ2n) is 5.23. The summed E-state index contributed by atoms with van der Waals surface area (Å²) in [5, 5.41) is 3.56. The van der Waals surface area contributed by atoms with Crippen LogP contribution in [0, 0.1) is 0 Å². The lowest BCUT2D eigenvalue weighted by molar-refractivity contribution is -0.0848. The maximum Gasteiger partial charge on any atom is 0.150 e. The van der Waals surface area contributed by atoms with Crippen molar-refractivity contribution in [3.8, 4) is 0 Å². The fourth-order valence-electron chi connectivity index (χ4n) is 2.14. The van der Waals surface area contributed by atoms with Gasteiger partial charge in [-0.25, -0.2) is 9.97 Å². The van der Waals surface area contributed by atoms with E-state index in [2.05, 4.69) is 34.0 Å². The van der Waals surface area contributed by atoms with Crippen molar-refractivity contribution >= 4 is 23.2 Å². The van der Waals surface area contributed by atoms with E-state index in [9.17, 15) is 0 Å². The quantitative estimate of drug-likeness (QED) is 0.867. The summed E-state index contributed by atoms with van der Waals surface area (Å²) in [6.07, 6.45) is 1.40. The summed E-state index contributed by atoms with van der Waals surface area (Å²) in [6, 6.07) is 0. The third-order valence-corrected chi connectivity index (χ3v) is 3.41. The largest absolute Gasteiger partial charge is 0.382 e. The molecule has 1 saturated heterocycles. The fraction of sp³-hybridized carbons (Fsp3) is 0.667. The molecule has 1 aromatic rings. The van der Waals surface area contributed by atoms with Gasteiger partial charge < -0.3 is 15.8 Å². The van der Waals surface area contributed by atoms with Gasteiger partial charge in [0.25, 0.3) is 0 Å². The van der Waals surface area contributed by atoms with Gasteiger partial charge in [-0.3, -0.25) is 4.90 Å². The van der Waals surface area contributed by atoms with Crippen molar-refractivity contribution in [3.63, 3.8) is 0 Å². The molecule has 1 fully saturated rings. The predicted molar refractivity (Wildman–Crippen MR) is 76.4 cm³/mol. The molecule has 1 aromatic heterocycles. The average molecular weight is 286 g/mol. The summed E-state index contributed by atoms with van der Waals surface area (Å²) in [5.74, 6) is 0.883. The van der Waals surface area contributed by atoms with Crippen LogP contribution in [0.25, 0.3) is 0 Å². The molecule has 0 spiro atoms. The molecule has 0 bridgehead atoms. The molecule has 6 nitrogen and oxygen atoms in total. The lowest BCUT2D eigenvalue weighted by Crippen LogP contribution is -2.49. The van der Waals surface area contributed by atoms with Crippen LogP contribution >= 0.6 is 11.6 Å². The number of hydrogen-bond donors (Lipinski definition) is 2. The van der Waals surface area contributed by atoms with Crippen LogP contribution in [-0.4, -0.2) is 53.3 Å². The number of nitrogens with zero attached hydrogens (tertiary/aromatic N) is 3. The smallest absolute Gasteiger partial charge is 0.150 e. The monoisotopic (exact) mass is 285 g/mol. The normalized spacial score (nSPS) is 19.3. The highest BCUT2D eigenvalue weighted by Crippen LogP contribution is 2.23. The molecule has 1 aliphatic heterocycles. The number of halogens is 1. The number of nitrogens with one attached hydrogen (secondary N) is 1. The number of nitrogens with two attached hydrogens (primary N) is 1. The summed E-state index contributed by atoms with van der Waals surface area (Å²) in [5.41, 5.74) is 5.55. The minimum Gasteiger partial charge on any atom is -0.382 e. The minimum atomic E-state index is -0.0742. The second kappa shape index (κ2) is 5.90. The fourth-order valence-corrected chi connectivity index (χ4v) is 2.31. The minimum absolute atomic E-state index is 0.0742. The molecule has 2 rings (SSSR count). The highest BCUT2D eigenvalue weighted by Gasteiger charge is 2.26.